The van der Waals surface area contributed by atoms with E-state index in [9.17, 15) is 4.79 Å². The Hall–Kier alpha value is -2.39. The predicted molar refractivity (Wildman–Crippen MR) is 104 cm³/mol. The lowest BCUT2D eigenvalue weighted by atomic mass is 9.51. The summed E-state index contributed by atoms with van der Waals surface area (Å²) in [6.45, 7) is 0.859. The molecule has 0 unspecified atom stereocenters. The van der Waals surface area contributed by atoms with Crippen molar-refractivity contribution in [2.45, 2.75) is 45.1 Å². The van der Waals surface area contributed by atoms with E-state index in [1.807, 2.05) is 17.5 Å². The molecule has 6 heteroatoms. The van der Waals surface area contributed by atoms with Crippen molar-refractivity contribution in [1.82, 2.24) is 10.3 Å². The third-order valence-corrected chi connectivity index (χ3v) is 6.78. The molecule has 2 aromatic rings. The van der Waals surface area contributed by atoms with E-state index in [0.717, 1.165) is 28.6 Å². The number of nitriles is 1. The van der Waals surface area contributed by atoms with Crippen LogP contribution in [-0.2, 0) is 11.3 Å². The number of hydrogen-bond donors (Lipinski definition) is 1. The highest BCUT2D eigenvalue weighted by Gasteiger charge is 2.47. The number of benzene rings is 1. The molecule has 0 bridgehead atoms. The van der Waals surface area contributed by atoms with E-state index in [4.69, 9.17) is 10.00 Å². The van der Waals surface area contributed by atoms with Crippen LogP contribution in [0.3, 0.4) is 0 Å². The molecule has 27 heavy (non-hydrogen) atoms. The monoisotopic (exact) mass is 381 g/mol. The Morgan fingerprint density at radius 3 is 2.78 bits per heavy atom. The van der Waals surface area contributed by atoms with E-state index < -0.39 is 0 Å². The Morgan fingerprint density at radius 1 is 1.33 bits per heavy atom. The summed E-state index contributed by atoms with van der Waals surface area (Å²) in [5, 5.41) is 14.4. The van der Waals surface area contributed by atoms with Crippen molar-refractivity contribution in [2.24, 2.45) is 11.3 Å². The number of alkyl carbamates (subject to hydrolysis) is 1. The summed E-state index contributed by atoms with van der Waals surface area (Å²) in [4.78, 5) is 16.4. The van der Waals surface area contributed by atoms with Gasteiger partial charge in [-0.05, 0) is 55.6 Å². The van der Waals surface area contributed by atoms with E-state index in [1.54, 1.807) is 12.1 Å². The number of carbonyl (C=O) groups is 1. The number of hydrogen-bond acceptors (Lipinski definition) is 5. The number of nitrogens with zero attached hydrogens (tertiary/aromatic N) is 2. The maximum Gasteiger partial charge on any atom is 0.407 e. The molecule has 0 radical (unpaired) electrons. The second-order valence-corrected chi connectivity index (χ2v) is 8.60. The predicted octanol–water partition coefficient (Wildman–Crippen LogP) is 4.88. The molecule has 1 aromatic carbocycles. The average molecular weight is 382 g/mol. The molecule has 0 saturated heterocycles. The van der Waals surface area contributed by atoms with Gasteiger partial charge in [-0.15, -0.1) is 11.3 Å². The minimum absolute atomic E-state index is 0.359. The Bertz CT molecular complexity index is 841. The second kappa shape index (κ2) is 7.69. The molecule has 2 fully saturated rings. The molecule has 5 nitrogen and oxygen atoms in total. The molecule has 2 saturated carbocycles. The molecule has 4 rings (SSSR count). The van der Waals surface area contributed by atoms with Gasteiger partial charge in [0.2, 0.25) is 0 Å². The SMILES string of the molecule is N#Cc1ccc(-c2nc(CNC(=O)OCCC3CC4(CCC4)C3)cs2)cc1. The Kier molecular flexibility index (Phi) is 5.13. The van der Waals surface area contributed by atoms with Crippen LogP contribution in [-0.4, -0.2) is 17.7 Å². The number of carbonyl (C=O) groups excluding carboxylic acids is 1. The van der Waals surface area contributed by atoms with Crippen LogP contribution in [0, 0.1) is 22.7 Å². The minimum Gasteiger partial charge on any atom is -0.450 e. The number of rotatable bonds is 6. The number of nitrogens with one attached hydrogen (secondary N) is 1. The lowest BCUT2D eigenvalue weighted by Gasteiger charge is -2.54. The fourth-order valence-corrected chi connectivity index (χ4v) is 5.02. The van der Waals surface area contributed by atoms with Gasteiger partial charge in [0.25, 0.3) is 0 Å². The van der Waals surface area contributed by atoms with Gasteiger partial charge < -0.3 is 10.1 Å². The topological polar surface area (TPSA) is 75.0 Å². The molecule has 2 aliphatic carbocycles. The zero-order valence-electron chi connectivity index (χ0n) is 15.2. The summed E-state index contributed by atoms with van der Waals surface area (Å²) < 4.78 is 5.30. The van der Waals surface area contributed by atoms with Crippen LogP contribution in [0.5, 0.6) is 0 Å². The van der Waals surface area contributed by atoms with Crippen LogP contribution in [0.4, 0.5) is 4.79 Å². The van der Waals surface area contributed by atoms with Crippen LogP contribution in [0.15, 0.2) is 29.6 Å². The summed E-state index contributed by atoms with van der Waals surface area (Å²) in [7, 11) is 0. The van der Waals surface area contributed by atoms with Crippen molar-refractivity contribution in [1.29, 1.82) is 5.26 Å². The van der Waals surface area contributed by atoms with E-state index >= 15 is 0 Å². The molecule has 0 aliphatic heterocycles. The lowest BCUT2D eigenvalue weighted by Crippen LogP contribution is -2.43. The number of thiazole rings is 1. The summed E-state index contributed by atoms with van der Waals surface area (Å²) in [6.07, 6.45) is 7.47. The maximum atomic E-state index is 11.9. The molecule has 0 atom stereocenters. The fourth-order valence-electron chi connectivity index (χ4n) is 4.19. The molecule has 140 valence electrons. The Morgan fingerprint density at radius 2 is 2.11 bits per heavy atom. The van der Waals surface area contributed by atoms with E-state index in [0.29, 0.717) is 24.1 Å². The van der Waals surface area contributed by atoms with Gasteiger partial charge in [0, 0.05) is 10.9 Å². The third-order valence-electron chi connectivity index (χ3n) is 5.84. The van der Waals surface area contributed by atoms with Gasteiger partial charge in [0.1, 0.15) is 5.01 Å². The molecule has 1 spiro atoms. The lowest BCUT2D eigenvalue weighted by molar-refractivity contribution is -0.0337. The largest absolute Gasteiger partial charge is 0.450 e. The van der Waals surface area contributed by atoms with Crippen molar-refractivity contribution in [3.05, 3.63) is 40.9 Å². The molecule has 1 N–H and O–H groups in total. The highest BCUT2D eigenvalue weighted by Crippen LogP contribution is 2.59. The van der Waals surface area contributed by atoms with Gasteiger partial charge in [-0.25, -0.2) is 9.78 Å². The summed E-state index contributed by atoms with van der Waals surface area (Å²) in [6, 6.07) is 9.44. The minimum atomic E-state index is -0.374. The number of amides is 1. The zero-order valence-corrected chi connectivity index (χ0v) is 16.1. The first kappa shape index (κ1) is 18.0. The molecular formula is C21H23N3O2S. The summed E-state index contributed by atoms with van der Waals surface area (Å²) >= 11 is 1.52. The molecule has 2 aliphatic rings. The van der Waals surface area contributed by atoms with Crippen molar-refractivity contribution < 1.29 is 9.53 Å². The van der Waals surface area contributed by atoms with E-state index in [1.165, 1.54) is 43.4 Å². The van der Waals surface area contributed by atoms with Crippen LogP contribution in [0.1, 0.15) is 49.8 Å². The second-order valence-electron chi connectivity index (χ2n) is 7.74. The third kappa shape index (κ3) is 4.14. The van der Waals surface area contributed by atoms with Crippen LogP contribution in [0.25, 0.3) is 10.6 Å². The Labute approximate surface area is 163 Å². The number of aromatic nitrogens is 1. The first-order valence-corrected chi connectivity index (χ1v) is 10.4. The number of ether oxygens (including phenoxy) is 1. The Balaban J connectivity index is 1.17. The average Bonchev–Trinajstić information content (AvgIpc) is 3.09. The van der Waals surface area contributed by atoms with Crippen molar-refractivity contribution in [2.75, 3.05) is 6.61 Å². The maximum absolute atomic E-state index is 11.9. The molecule has 1 heterocycles. The molecular weight excluding hydrogens is 358 g/mol. The molecule has 1 aromatic heterocycles. The smallest absolute Gasteiger partial charge is 0.407 e. The standard InChI is InChI=1S/C21H23N3O2S/c22-12-15-2-4-17(5-3-15)19-24-18(14-27-19)13-23-20(25)26-9-6-16-10-21(11-16)7-1-8-21/h2-5,14,16H,1,6-11,13H2,(H,23,25). The van der Waals surface area contributed by atoms with Crippen molar-refractivity contribution in [3.63, 3.8) is 0 Å². The van der Waals surface area contributed by atoms with Crippen LogP contribution >= 0.6 is 11.3 Å². The van der Waals surface area contributed by atoms with Crippen LogP contribution < -0.4 is 5.32 Å². The van der Waals surface area contributed by atoms with Gasteiger partial charge in [-0.2, -0.15) is 5.26 Å². The first-order chi connectivity index (χ1) is 13.2. The normalized spacial score (nSPS) is 17.6. The summed E-state index contributed by atoms with van der Waals surface area (Å²) in [5.74, 6) is 0.742. The van der Waals surface area contributed by atoms with Gasteiger partial charge >= 0.3 is 6.09 Å². The van der Waals surface area contributed by atoms with Crippen molar-refractivity contribution in [3.8, 4) is 16.6 Å². The summed E-state index contributed by atoms with van der Waals surface area (Å²) in [5.41, 5.74) is 3.09. The quantitative estimate of drug-likeness (QED) is 0.774. The van der Waals surface area contributed by atoms with Gasteiger partial charge in [-0.1, -0.05) is 18.6 Å². The fraction of sp³-hybridized carbons (Fsp3) is 0.476. The first-order valence-electron chi connectivity index (χ1n) is 9.51. The van der Waals surface area contributed by atoms with Gasteiger partial charge in [0.05, 0.1) is 30.5 Å². The van der Waals surface area contributed by atoms with Crippen LogP contribution in [0.2, 0.25) is 0 Å². The van der Waals surface area contributed by atoms with Gasteiger partial charge in [0.15, 0.2) is 0 Å². The molecule has 1 amide bonds. The van der Waals surface area contributed by atoms with E-state index in [2.05, 4.69) is 16.4 Å². The highest BCUT2D eigenvalue weighted by molar-refractivity contribution is 7.13. The van der Waals surface area contributed by atoms with Gasteiger partial charge in [-0.3, -0.25) is 0 Å². The zero-order chi connectivity index (χ0) is 18.7. The highest BCUT2D eigenvalue weighted by atomic mass is 32.1. The van der Waals surface area contributed by atoms with Crippen molar-refractivity contribution >= 4 is 17.4 Å². The van der Waals surface area contributed by atoms with E-state index in [-0.39, 0.29) is 6.09 Å².